The summed E-state index contributed by atoms with van der Waals surface area (Å²) < 4.78 is 0. The van der Waals surface area contributed by atoms with Gasteiger partial charge in [-0.05, 0) is 6.92 Å². The molecule has 1 unspecified atom stereocenters. The lowest BCUT2D eigenvalue weighted by Crippen LogP contribution is -2.32. The van der Waals surface area contributed by atoms with Crippen molar-refractivity contribution in [2.75, 3.05) is 5.75 Å². The minimum absolute atomic E-state index is 0.423. The first-order valence-corrected chi connectivity index (χ1v) is 6.10. The van der Waals surface area contributed by atoms with Crippen LogP contribution >= 0.6 is 23.1 Å². The van der Waals surface area contributed by atoms with Crippen molar-refractivity contribution in [3.05, 3.63) is 16.1 Å². The fourth-order valence-corrected chi connectivity index (χ4v) is 2.43. The fourth-order valence-electron chi connectivity index (χ4n) is 0.836. The molecule has 1 atom stereocenters. The molecule has 1 heterocycles. The minimum Gasteiger partial charge on any atom is -0.480 e. The summed E-state index contributed by atoms with van der Waals surface area (Å²) in [5.41, 5.74) is 6.34. The van der Waals surface area contributed by atoms with Crippen molar-refractivity contribution in [2.24, 2.45) is 5.73 Å². The maximum atomic E-state index is 10.4. The van der Waals surface area contributed by atoms with E-state index in [1.165, 1.54) is 11.8 Å². The van der Waals surface area contributed by atoms with Gasteiger partial charge in [0.15, 0.2) is 0 Å². The molecule has 0 spiro atoms. The number of carboxylic acid groups (broad SMARTS) is 1. The second kappa shape index (κ2) is 5.33. The van der Waals surface area contributed by atoms with E-state index in [1.807, 2.05) is 12.3 Å². The van der Waals surface area contributed by atoms with E-state index >= 15 is 0 Å². The molecule has 0 aliphatic heterocycles. The van der Waals surface area contributed by atoms with Gasteiger partial charge in [-0.2, -0.15) is 11.8 Å². The highest BCUT2D eigenvalue weighted by atomic mass is 32.2. The Bertz CT molecular complexity index is 314. The molecular formula is C8H12N2O2S2. The zero-order chi connectivity index (χ0) is 10.6. The monoisotopic (exact) mass is 232 g/mol. The first kappa shape index (κ1) is 11.5. The van der Waals surface area contributed by atoms with E-state index in [4.69, 9.17) is 10.8 Å². The summed E-state index contributed by atoms with van der Waals surface area (Å²) in [6.07, 6.45) is 0. The number of aliphatic carboxylic acids is 1. The lowest BCUT2D eigenvalue weighted by Gasteiger charge is -2.03. The number of aryl methyl sites for hydroxylation is 1. The fraction of sp³-hybridized carbons (Fsp3) is 0.500. The summed E-state index contributed by atoms with van der Waals surface area (Å²) in [5.74, 6) is 0.198. The summed E-state index contributed by atoms with van der Waals surface area (Å²) in [7, 11) is 0. The van der Waals surface area contributed by atoms with Gasteiger partial charge in [-0.1, -0.05) is 0 Å². The van der Waals surface area contributed by atoms with Gasteiger partial charge in [-0.3, -0.25) is 4.79 Å². The Morgan fingerprint density at radius 1 is 1.86 bits per heavy atom. The number of nitrogens with two attached hydrogens (primary N) is 1. The second-order valence-electron chi connectivity index (χ2n) is 2.82. The van der Waals surface area contributed by atoms with Gasteiger partial charge >= 0.3 is 5.97 Å². The molecule has 0 saturated carbocycles. The number of aromatic nitrogens is 1. The molecule has 0 aliphatic carbocycles. The third kappa shape index (κ3) is 3.65. The van der Waals surface area contributed by atoms with Crippen LogP contribution in [0, 0.1) is 6.92 Å². The zero-order valence-electron chi connectivity index (χ0n) is 7.77. The van der Waals surface area contributed by atoms with E-state index in [9.17, 15) is 4.79 Å². The Morgan fingerprint density at radius 3 is 3.07 bits per heavy atom. The lowest BCUT2D eigenvalue weighted by molar-refractivity contribution is -0.137. The topological polar surface area (TPSA) is 76.2 Å². The maximum absolute atomic E-state index is 10.4. The molecule has 1 aromatic rings. The molecule has 1 rings (SSSR count). The standard InChI is InChI=1S/C8H12N2O2S2/c1-5-10-6(3-14-5)2-13-4-7(9)8(11)12/h3,7H,2,4,9H2,1H3,(H,11,12). The Kier molecular flexibility index (Phi) is 4.37. The van der Waals surface area contributed by atoms with Gasteiger partial charge in [-0.15, -0.1) is 11.3 Å². The van der Waals surface area contributed by atoms with Gasteiger partial charge in [0.2, 0.25) is 0 Å². The molecule has 0 amide bonds. The molecule has 0 fully saturated rings. The van der Waals surface area contributed by atoms with E-state index in [0.717, 1.165) is 16.5 Å². The maximum Gasteiger partial charge on any atom is 0.321 e. The zero-order valence-corrected chi connectivity index (χ0v) is 9.40. The molecule has 3 N–H and O–H groups in total. The van der Waals surface area contributed by atoms with Crippen molar-refractivity contribution in [1.29, 1.82) is 0 Å². The molecule has 0 bridgehead atoms. The van der Waals surface area contributed by atoms with E-state index < -0.39 is 12.0 Å². The summed E-state index contributed by atoms with van der Waals surface area (Å²) in [6.45, 7) is 1.95. The van der Waals surface area contributed by atoms with Gasteiger partial charge < -0.3 is 10.8 Å². The van der Waals surface area contributed by atoms with E-state index in [0.29, 0.717) is 5.75 Å². The van der Waals surface area contributed by atoms with Crippen molar-refractivity contribution < 1.29 is 9.90 Å². The van der Waals surface area contributed by atoms with Crippen molar-refractivity contribution in [3.63, 3.8) is 0 Å². The lowest BCUT2D eigenvalue weighted by atomic mass is 10.4. The van der Waals surface area contributed by atoms with Crippen LogP contribution in [0.15, 0.2) is 5.38 Å². The van der Waals surface area contributed by atoms with Crippen molar-refractivity contribution >= 4 is 29.1 Å². The smallest absolute Gasteiger partial charge is 0.321 e. The van der Waals surface area contributed by atoms with Gasteiger partial charge in [0, 0.05) is 16.9 Å². The Balaban J connectivity index is 2.25. The summed E-state index contributed by atoms with van der Waals surface area (Å²) >= 11 is 3.09. The van der Waals surface area contributed by atoms with E-state index in [1.54, 1.807) is 11.3 Å². The normalized spacial score (nSPS) is 12.7. The van der Waals surface area contributed by atoms with Crippen molar-refractivity contribution in [3.8, 4) is 0 Å². The van der Waals surface area contributed by atoms with Gasteiger partial charge in [0.1, 0.15) is 6.04 Å². The summed E-state index contributed by atoms with van der Waals surface area (Å²) in [5, 5.41) is 11.5. The van der Waals surface area contributed by atoms with Crippen molar-refractivity contribution in [1.82, 2.24) is 4.98 Å². The highest BCUT2D eigenvalue weighted by Gasteiger charge is 2.11. The summed E-state index contributed by atoms with van der Waals surface area (Å²) in [6, 6.07) is -0.778. The van der Waals surface area contributed by atoms with Crippen LogP contribution in [0.5, 0.6) is 0 Å². The molecule has 0 radical (unpaired) electrons. The number of nitrogens with zero attached hydrogens (tertiary/aromatic N) is 1. The number of hydrogen-bond acceptors (Lipinski definition) is 5. The Hall–Kier alpha value is -0.590. The van der Waals surface area contributed by atoms with Crippen molar-refractivity contribution in [2.45, 2.75) is 18.7 Å². The average Bonchev–Trinajstić information content (AvgIpc) is 2.51. The molecule has 0 aromatic carbocycles. The van der Waals surface area contributed by atoms with Crippen LogP contribution in [-0.2, 0) is 10.5 Å². The van der Waals surface area contributed by atoms with Crippen LogP contribution in [-0.4, -0.2) is 27.9 Å². The minimum atomic E-state index is -0.952. The van der Waals surface area contributed by atoms with Crippen LogP contribution < -0.4 is 5.73 Å². The molecule has 0 aliphatic rings. The van der Waals surface area contributed by atoms with Gasteiger partial charge in [0.25, 0.3) is 0 Å². The number of rotatable bonds is 5. The predicted molar refractivity (Wildman–Crippen MR) is 58.6 cm³/mol. The third-order valence-corrected chi connectivity index (χ3v) is 3.45. The largest absolute Gasteiger partial charge is 0.480 e. The quantitative estimate of drug-likeness (QED) is 0.795. The first-order chi connectivity index (χ1) is 6.59. The van der Waals surface area contributed by atoms with Gasteiger partial charge in [-0.25, -0.2) is 4.98 Å². The molecule has 0 saturated heterocycles. The number of hydrogen-bond donors (Lipinski definition) is 2. The van der Waals surface area contributed by atoms with Crippen LogP contribution in [0.3, 0.4) is 0 Å². The summed E-state index contributed by atoms with van der Waals surface area (Å²) in [4.78, 5) is 14.7. The molecule has 6 heteroatoms. The van der Waals surface area contributed by atoms with Gasteiger partial charge in [0.05, 0.1) is 10.7 Å². The van der Waals surface area contributed by atoms with Crippen LogP contribution in [0.25, 0.3) is 0 Å². The van der Waals surface area contributed by atoms with E-state index in [-0.39, 0.29) is 0 Å². The Labute approximate surface area is 90.5 Å². The molecule has 4 nitrogen and oxygen atoms in total. The molecule has 78 valence electrons. The number of carboxylic acids is 1. The van der Waals surface area contributed by atoms with Crippen LogP contribution in [0.1, 0.15) is 10.7 Å². The SMILES string of the molecule is Cc1nc(CSCC(N)C(=O)O)cs1. The highest BCUT2D eigenvalue weighted by Crippen LogP contribution is 2.15. The van der Waals surface area contributed by atoms with E-state index in [2.05, 4.69) is 4.98 Å². The third-order valence-electron chi connectivity index (χ3n) is 1.53. The predicted octanol–water partition coefficient (Wildman–Crippen LogP) is 1.10. The second-order valence-corrected chi connectivity index (χ2v) is 4.91. The molecular weight excluding hydrogens is 220 g/mol. The number of thioether (sulfide) groups is 1. The van der Waals surface area contributed by atoms with Crippen LogP contribution in [0.4, 0.5) is 0 Å². The average molecular weight is 232 g/mol. The number of carbonyl (C=O) groups is 1. The number of thiazole rings is 1. The molecule has 14 heavy (non-hydrogen) atoms. The van der Waals surface area contributed by atoms with Crippen LogP contribution in [0.2, 0.25) is 0 Å². The Morgan fingerprint density at radius 2 is 2.57 bits per heavy atom. The highest BCUT2D eigenvalue weighted by molar-refractivity contribution is 7.98. The molecule has 1 aromatic heterocycles. The first-order valence-electron chi connectivity index (χ1n) is 4.06.